The molecule has 0 unspecified atom stereocenters. The average molecular weight is 175 g/mol. The first-order valence-electron chi connectivity index (χ1n) is 3.84. The topological polar surface area (TPSA) is 75.0 Å². The summed E-state index contributed by atoms with van der Waals surface area (Å²) in [6.07, 6.45) is 1.32. The predicted octanol–water partition coefficient (Wildman–Crippen LogP) is 0.940. The molecule has 1 aromatic heterocycles. The zero-order valence-corrected chi connectivity index (χ0v) is 6.86. The van der Waals surface area contributed by atoms with Crippen molar-refractivity contribution in [3.8, 4) is 0 Å². The number of nitrogens with zero attached hydrogens (tertiary/aromatic N) is 1. The van der Waals surface area contributed by atoms with E-state index in [1.54, 1.807) is 12.1 Å². The summed E-state index contributed by atoms with van der Waals surface area (Å²) in [6, 6.07) is 7.23. The normalized spacial score (nSPS) is 10.5. The van der Waals surface area contributed by atoms with Crippen LogP contribution in [0.5, 0.6) is 0 Å². The number of nitrogens with one attached hydrogen (secondary N) is 1. The lowest BCUT2D eigenvalue weighted by Gasteiger charge is -2.04. The third kappa shape index (κ3) is 1.03. The molecule has 0 atom stereocenters. The maximum absolute atomic E-state index is 9.25. The van der Waals surface area contributed by atoms with Crippen LogP contribution in [0.4, 0.5) is 5.69 Å². The van der Waals surface area contributed by atoms with Gasteiger partial charge in [0.25, 0.3) is 0 Å². The highest BCUT2D eigenvalue weighted by Gasteiger charge is 2.01. The lowest BCUT2D eigenvalue weighted by Crippen LogP contribution is -2.18. The van der Waals surface area contributed by atoms with Crippen molar-refractivity contribution in [2.45, 2.75) is 0 Å². The second-order valence-electron chi connectivity index (χ2n) is 2.82. The molecule has 4 N–H and O–H groups in total. The molecule has 0 amide bonds. The number of hydrogen-bond acceptors (Lipinski definition) is 3. The fourth-order valence-electron chi connectivity index (χ4n) is 1.33. The van der Waals surface area contributed by atoms with E-state index < -0.39 is 0 Å². The third-order valence-electron chi connectivity index (χ3n) is 1.98. The van der Waals surface area contributed by atoms with Crippen molar-refractivity contribution >= 4 is 16.5 Å². The summed E-state index contributed by atoms with van der Waals surface area (Å²) < 4.78 is 0.720. The molecule has 0 bridgehead atoms. The van der Waals surface area contributed by atoms with Crippen molar-refractivity contribution in [1.82, 2.24) is 4.73 Å². The maximum Gasteiger partial charge on any atom is 0.168 e. The Balaban J connectivity index is 3.06. The fourth-order valence-corrected chi connectivity index (χ4v) is 1.33. The zero-order valence-electron chi connectivity index (χ0n) is 6.86. The Kier molecular flexibility index (Phi) is 1.48. The number of rotatable bonds is 0. The minimum atomic E-state index is 0.0461. The van der Waals surface area contributed by atoms with Crippen LogP contribution in [0.3, 0.4) is 0 Å². The van der Waals surface area contributed by atoms with Gasteiger partial charge in [-0.1, -0.05) is 24.3 Å². The minimum Gasteiger partial charge on any atom is -0.427 e. The van der Waals surface area contributed by atoms with Gasteiger partial charge in [-0.2, -0.15) is 4.73 Å². The third-order valence-corrected chi connectivity index (χ3v) is 1.98. The van der Waals surface area contributed by atoms with E-state index in [1.165, 1.54) is 6.20 Å². The molecule has 1 aromatic carbocycles. The molecule has 2 rings (SSSR count). The van der Waals surface area contributed by atoms with Gasteiger partial charge in [0.1, 0.15) is 0 Å². The van der Waals surface area contributed by atoms with Gasteiger partial charge in [0.15, 0.2) is 5.49 Å². The van der Waals surface area contributed by atoms with Gasteiger partial charge in [-0.25, -0.2) is 0 Å². The van der Waals surface area contributed by atoms with Gasteiger partial charge < -0.3 is 10.9 Å². The SMILES string of the molecule is N=c1c2ccccc2c(N)cn1O. The molecule has 13 heavy (non-hydrogen) atoms. The summed E-state index contributed by atoms with van der Waals surface area (Å²) in [5, 5.41) is 18.2. The minimum absolute atomic E-state index is 0.0461. The van der Waals surface area contributed by atoms with E-state index in [0.29, 0.717) is 11.1 Å². The predicted molar refractivity (Wildman–Crippen MR) is 49.4 cm³/mol. The van der Waals surface area contributed by atoms with Gasteiger partial charge in [-0.15, -0.1) is 0 Å². The molecule has 2 aromatic rings. The van der Waals surface area contributed by atoms with E-state index in [0.717, 1.165) is 10.1 Å². The van der Waals surface area contributed by atoms with Crippen molar-refractivity contribution in [3.63, 3.8) is 0 Å². The first kappa shape index (κ1) is 7.67. The highest BCUT2D eigenvalue weighted by molar-refractivity contribution is 5.91. The number of pyridine rings is 1. The highest BCUT2D eigenvalue weighted by atomic mass is 16.5. The van der Waals surface area contributed by atoms with Crippen LogP contribution in [-0.2, 0) is 0 Å². The van der Waals surface area contributed by atoms with Crippen molar-refractivity contribution in [2.24, 2.45) is 0 Å². The van der Waals surface area contributed by atoms with Crippen LogP contribution in [0, 0.1) is 5.41 Å². The molecule has 0 aliphatic heterocycles. The Bertz CT molecular complexity index is 516. The molecule has 0 aliphatic rings. The first-order valence-corrected chi connectivity index (χ1v) is 3.84. The van der Waals surface area contributed by atoms with Crippen molar-refractivity contribution in [2.75, 3.05) is 5.73 Å². The standard InChI is InChI=1S/C9H9N3O/c10-8-5-12(13)9(11)7-4-2-1-3-6(7)8/h1-5,11,13H,10H2. The van der Waals surface area contributed by atoms with Crippen LogP contribution in [0.25, 0.3) is 10.8 Å². The fraction of sp³-hybridized carbons (Fsp3) is 0. The van der Waals surface area contributed by atoms with Crippen LogP contribution in [0.15, 0.2) is 30.5 Å². The Morgan fingerprint density at radius 2 is 1.85 bits per heavy atom. The number of nitrogens with two attached hydrogens (primary N) is 1. The second kappa shape index (κ2) is 2.52. The molecule has 0 saturated carbocycles. The van der Waals surface area contributed by atoms with Crippen LogP contribution in [0.2, 0.25) is 0 Å². The monoisotopic (exact) mass is 175 g/mol. The van der Waals surface area contributed by atoms with E-state index in [-0.39, 0.29) is 5.49 Å². The molecule has 66 valence electrons. The van der Waals surface area contributed by atoms with Crippen LogP contribution >= 0.6 is 0 Å². The number of aromatic nitrogens is 1. The van der Waals surface area contributed by atoms with Gasteiger partial charge >= 0.3 is 0 Å². The molecule has 1 heterocycles. The van der Waals surface area contributed by atoms with Gasteiger partial charge in [0, 0.05) is 10.8 Å². The molecular formula is C9H9N3O. The maximum atomic E-state index is 9.25. The summed E-state index contributed by atoms with van der Waals surface area (Å²) >= 11 is 0. The molecule has 0 radical (unpaired) electrons. The number of benzene rings is 1. The lowest BCUT2D eigenvalue weighted by molar-refractivity contribution is 0.173. The van der Waals surface area contributed by atoms with E-state index in [1.807, 2.05) is 12.1 Å². The molecule has 0 saturated heterocycles. The summed E-state index contributed by atoms with van der Waals surface area (Å²) in [7, 11) is 0. The highest BCUT2D eigenvalue weighted by Crippen LogP contribution is 2.15. The van der Waals surface area contributed by atoms with Gasteiger partial charge in [0.05, 0.1) is 11.9 Å². The first-order chi connectivity index (χ1) is 6.20. The summed E-state index contributed by atoms with van der Waals surface area (Å²) in [5.41, 5.74) is 6.17. The largest absolute Gasteiger partial charge is 0.427 e. The zero-order chi connectivity index (χ0) is 9.42. The van der Waals surface area contributed by atoms with Crippen LogP contribution < -0.4 is 11.2 Å². The van der Waals surface area contributed by atoms with E-state index in [4.69, 9.17) is 11.1 Å². The number of nitrogen functional groups attached to an aromatic ring is 1. The number of hydrogen-bond donors (Lipinski definition) is 3. The van der Waals surface area contributed by atoms with Gasteiger partial charge in [-0.05, 0) is 0 Å². The molecule has 4 heteroatoms. The number of fused-ring (bicyclic) bond motifs is 1. The average Bonchev–Trinajstić information content (AvgIpc) is 2.15. The van der Waals surface area contributed by atoms with Crippen molar-refractivity contribution in [3.05, 3.63) is 36.0 Å². The van der Waals surface area contributed by atoms with Gasteiger partial charge in [-0.3, -0.25) is 5.41 Å². The van der Waals surface area contributed by atoms with Crippen molar-refractivity contribution in [1.29, 1.82) is 5.41 Å². The van der Waals surface area contributed by atoms with Crippen LogP contribution in [-0.4, -0.2) is 9.94 Å². The summed E-state index contributed by atoms with van der Waals surface area (Å²) in [5.74, 6) is 0. The van der Waals surface area contributed by atoms with Gasteiger partial charge in [0.2, 0.25) is 0 Å². The Labute approximate surface area is 74.3 Å². The smallest absolute Gasteiger partial charge is 0.168 e. The van der Waals surface area contributed by atoms with E-state index >= 15 is 0 Å². The quantitative estimate of drug-likeness (QED) is 0.521. The molecule has 4 nitrogen and oxygen atoms in total. The summed E-state index contributed by atoms with van der Waals surface area (Å²) in [6.45, 7) is 0. The van der Waals surface area contributed by atoms with Crippen LogP contribution in [0.1, 0.15) is 0 Å². The second-order valence-corrected chi connectivity index (χ2v) is 2.82. The Morgan fingerprint density at radius 1 is 1.23 bits per heavy atom. The molecular weight excluding hydrogens is 166 g/mol. The molecule has 0 fully saturated rings. The number of anilines is 1. The Morgan fingerprint density at radius 3 is 2.54 bits per heavy atom. The van der Waals surface area contributed by atoms with E-state index in [2.05, 4.69) is 0 Å². The van der Waals surface area contributed by atoms with Crippen molar-refractivity contribution < 1.29 is 5.21 Å². The van der Waals surface area contributed by atoms with E-state index in [9.17, 15) is 5.21 Å². The summed E-state index contributed by atoms with van der Waals surface area (Å²) in [4.78, 5) is 0. The molecule has 0 aliphatic carbocycles. The Hall–Kier alpha value is -1.97. The lowest BCUT2D eigenvalue weighted by atomic mass is 10.1. The molecule has 0 spiro atoms.